The predicted octanol–water partition coefficient (Wildman–Crippen LogP) is 1.44. The summed E-state index contributed by atoms with van der Waals surface area (Å²) in [4.78, 5) is 42.3. The molecule has 0 aromatic rings. The van der Waals surface area contributed by atoms with Gasteiger partial charge in [0.15, 0.2) is 11.6 Å². The number of hydrogen-bond acceptors (Lipinski definition) is 6. The van der Waals surface area contributed by atoms with Gasteiger partial charge in [0.05, 0.1) is 0 Å². The summed E-state index contributed by atoms with van der Waals surface area (Å²) in [7, 11) is 0. The van der Waals surface area contributed by atoms with Crippen LogP contribution in [0.25, 0.3) is 0 Å². The quantitative estimate of drug-likeness (QED) is 0.515. The molecule has 0 bridgehead atoms. The van der Waals surface area contributed by atoms with E-state index in [1.54, 1.807) is 24.3 Å². The van der Waals surface area contributed by atoms with Gasteiger partial charge in [-0.1, -0.05) is 60.8 Å². The number of carboxylic acids is 2. The number of aliphatic carboxylic acids is 2. The van der Waals surface area contributed by atoms with E-state index in [2.05, 4.69) is 24.3 Å². The number of ketones is 2. The number of allylic oxidation sites excluding steroid dienone is 12. The average molecular weight is 452 g/mol. The molecule has 3 rings (SSSR count). The zero-order valence-electron chi connectivity index (χ0n) is 16.5. The van der Waals surface area contributed by atoms with Crippen molar-refractivity contribution in [1.29, 1.82) is 0 Å². The van der Waals surface area contributed by atoms with E-state index in [4.69, 9.17) is 0 Å². The number of carboxylic acid groups (broad SMARTS) is 2. The van der Waals surface area contributed by atoms with Crippen LogP contribution in [0.4, 0.5) is 0 Å². The Labute approximate surface area is 186 Å². The van der Waals surface area contributed by atoms with Gasteiger partial charge in [0.25, 0.3) is 0 Å². The minimum Gasteiger partial charge on any atom is -0.550 e. The van der Waals surface area contributed by atoms with E-state index in [1.165, 1.54) is 0 Å². The fourth-order valence-corrected chi connectivity index (χ4v) is 2.45. The maximum Gasteiger partial charge on any atom is 2.00 e. The molecule has 0 saturated heterocycles. The Hall–Kier alpha value is -2.76. The van der Waals surface area contributed by atoms with E-state index in [0.717, 1.165) is 6.42 Å². The fraction of sp³-hybridized carbons (Fsp3) is 0.304. The SMILES string of the molecule is C1=CCC=C1.O=C([O-])CCC(=O)C1=CC=CC1.O=C([O-])CCC(=O)C1=CC=CC1.[Fe+2]. The van der Waals surface area contributed by atoms with Crippen LogP contribution in [0.2, 0.25) is 0 Å². The van der Waals surface area contributed by atoms with Crippen molar-refractivity contribution in [2.45, 2.75) is 44.9 Å². The summed E-state index contributed by atoms with van der Waals surface area (Å²) in [5, 5.41) is 20.0. The van der Waals surface area contributed by atoms with Gasteiger partial charge < -0.3 is 19.8 Å². The smallest absolute Gasteiger partial charge is 0.550 e. The van der Waals surface area contributed by atoms with Gasteiger partial charge in [-0.2, -0.15) is 0 Å². The molecule has 7 heteroatoms. The summed E-state index contributed by atoms with van der Waals surface area (Å²) in [6.45, 7) is 0. The molecule has 160 valence electrons. The van der Waals surface area contributed by atoms with Gasteiger partial charge >= 0.3 is 17.1 Å². The second-order valence-corrected chi connectivity index (χ2v) is 6.33. The maximum absolute atomic E-state index is 11.2. The molecule has 3 aliphatic rings. The summed E-state index contributed by atoms with van der Waals surface area (Å²) in [6.07, 6.45) is 21.3. The van der Waals surface area contributed by atoms with Crippen molar-refractivity contribution in [2.24, 2.45) is 0 Å². The molecular weight excluding hydrogens is 428 g/mol. The predicted molar refractivity (Wildman–Crippen MR) is 105 cm³/mol. The van der Waals surface area contributed by atoms with Gasteiger partial charge in [0.1, 0.15) is 0 Å². The molecule has 30 heavy (non-hydrogen) atoms. The molecule has 0 saturated carbocycles. The number of Topliss-reactive ketones (excluding diaryl/α,β-unsaturated/α-hetero) is 2. The van der Waals surface area contributed by atoms with Gasteiger partial charge in [0, 0.05) is 24.8 Å². The average Bonchev–Trinajstić information content (AvgIpc) is 3.47. The van der Waals surface area contributed by atoms with Crippen LogP contribution in [-0.4, -0.2) is 23.5 Å². The first kappa shape index (κ1) is 27.2. The molecule has 0 spiro atoms. The van der Waals surface area contributed by atoms with E-state index in [9.17, 15) is 29.4 Å². The first-order valence-corrected chi connectivity index (χ1v) is 9.39. The third-order valence-corrected chi connectivity index (χ3v) is 4.03. The van der Waals surface area contributed by atoms with Crippen LogP contribution in [0.15, 0.2) is 71.9 Å². The van der Waals surface area contributed by atoms with Crippen LogP contribution in [0, 0.1) is 0 Å². The van der Waals surface area contributed by atoms with Gasteiger partial charge in [-0.05, 0) is 43.3 Å². The van der Waals surface area contributed by atoms with Crippen molar-refractivity contribution in [3.05, 3.63) is 71.9 Å². The molecule has 0 aromatic carbocycles. The largest absolute Gasteiger partial charge is 2.00 e. The molecule has 0 radical (unpaired) electrons. The minimum absolute atomic E-state index is 0. The zero-order chi connectivity index (χ0) is 21.5. The topological polar surface area (TPSA) is 114 Å². The third-order valence-electron chi connectivity index (χ3n) is 4.03. The van der Waals surface area contributed by atoms with Crippen molar-refractivity contribution in [1.82, 2.24) is 0 Å². The Kier molecular flexibility index (Phi) is 14.6. The summed E-state index contributed by atoms with van der Waals surface area (Å²) in [5.74, 6) is -2.53. The van der Waals surface area contributed by atoms with Crippen LogP contribution in [0.3, 0.4) is 0 Å². The molecule has 0 atom stereocenters. The van der Waals surface area contributed by atoms with E-state index in [-0.39, 0.29) is 54.3 Å². The molecule has 6 nitrogen and oxygen atoms in total. The Morgan fingerprint density at radius 3 is 1.27 bits per heavy atom. The molecule has 0 aromatic heterocycles. The Balaban J connectivity index is 0.000000445. The van der Waals surface area contributed by atoms with Crippen molar-refractivity contribution in [3.63, 3.8) is 0 Å². The number of carbonyl (C=O) groups excluding carboxylic acids is 4. The van der Waals surface area contributed by atoms with Crippen molar-refractivity contribution >= 4 is 23.5 Å². The number of rotatable bonds is 8. The minimum atomic E-state index is -1.17. The molecule has 0 N–H and O–H groups in total. The Morgan fingerprint density at radius 1 is 0.633 bits per heavy atom. The molecule has 0 amide bonds. The number of hydrogen-bond donors (Lipinski definition) is 0. The zero-order valence-corrected chi connectivity index (χ0v) is 17.6. The first-order valence-electron chi connectivity index (χ1n) is 9.39. The first-order chi connectivity index (χ1) is 13.9. The second-order valence-electron chi connectivity index (χ2n) is 6.33. The van der Waals surface area contributed by atoms with E-state index in [1.807, 2.05) is 12.2 Å². The summed E-state index contributed by atoms with van der Waals surface area (Å²) < 4.78 is 0. The standard InChI is InChI=1S/2C9H10O3.C5H6.Fe/c2*10-8(5-6-9(11)12)7-3-1-2-4-7;1-2-4-5-3-1;/h2*1-3H,4-6H2,(H,11,12);1-4H,5H2;/q;;;+2/p-2. The Bertz CT molecular complexity index is 731. The van der Waals surface area contributed by atoms with Crippen LogP contribution >= 0.6 is 0 Å². The molecule has 0 unspecified atom stereocenters. The monoisotopic (exact) mass is 452 g/mol. The van der Waals surface area contributed by atoms with Crippen LogP contribution in [0.5, 0.6) is 0 Å². The van der Waals surface area contributed by atoms with Gasteiger partial charge in [0.2, 0.25) is 0 Å². The summed E-state index contributed by atoms with van der Waals surface area (Å²) >= 11 is 0. The van der Waals surface area contributed by atoms with Crippen LogP contribution in [-0.2, 0) is 36.2 Å². The molecule has 3 aliphatic carbocycles. The van der Waals surface area contributed by atoms with Crippen LogP contribution in [0.1, 0.15) is 44.9 Å². The Morgan fingerprint density at radius 2 is 1.03 bits per heavy atom. The second kappa shape index (κ2) is 16.1. The molecule has 0 aliphatic heterocycles. The number of carbonyl (C=O) groups is 4. The fourth-order valence-electron chi connectivity index (χ4n) is 2.45. The summed E-state index contributed by atoms with van der Waals surface area (Å²) in [5.41, 5.74) is 1.38. The van der Waals surface area contributed by atoms with Crippen molar-refractivity contribution < 1.29 is 46.5 Å². The third kappa shape index (κ3) is 12.6. The van der Waals surface area contributed by atoms with Crippen molar-refractivity contribution in [3.8, 4) is 0 Å². The maximum atomic E-state index is 11.2. The molecule has 0 fully saturated rings. The molecule has 0 heterocycles. The van der Waals surface area contributed by atoms with Crippen LogP contribution < -0.4 is 10.2 Å². The van der Waals surface area contributed by atoms with E-state index in [0.29, 0.717) is 24.0 Å². The van der Waals surface area contributed by atoms with Gasteiger partial charge in [-0.15, -0.1) is 0 Å². The van der Waals surface area contributed by atoms with Gasteiger partial charge in [-0.25, -0.2) is 0 Å². The van der Waals surface area contributed by atoms with E-state index < -0.39 is 11.9 Å². The van der Waals surface area contributed by atoms with E-state index >= 15 is 0 Å². The summed E-state index contributed by atoms with van der Waals surface area (Å²) in [6, 6.07) is 0. The normalized spacial score (nSPS) is 14.5. The molecular formula is C23H24FeO6. The van der Waals surface area contributed by atoms with Crippen molar-refractivity contribution in [2.75, 3.05) is 0 Å². The van der Waals surface area contributed by atoms with Gasteiger partial charge in [-0.3, -0.25) is 9.59 Å².